The SMILES string of the molecule is CC[C@H](C)CC(=O)NCc1ccc(N2C[C@H](C)CS2(=O)=O)cc1. The molecular formula is C17H26N2O3S. The monoisotopic (exact) mass is 338 g/mol. The van der Waals surface area contributed by atoms with Crippen molar-refractivity contribution in [2.45, 2.75) is 40.2 Å². The molecule has 0 aromatic heterocycles. The summed E-state index contributed by atoms with van der Waals surface area (Å²) in [5.41, 5.74) is 1.67. The van der Waals surface area contributed by atoms with Gasteiger partial charge >= 0.3 is 0 Å². The molecule has 2 rings (SSSR count). The maximum Gasteiger partial charge on any atom is 0.235 e. The predicted molar refractivity (Wildman–Crippen MR) is 92.7 cm³/mol. The number of anilines is 1. The maximum absolute atomic E-state index is 12.1. The van der Waals surface area contributed by atoms with Gasteiger partial charge in [0.2, 0.25) is 15.9 Å². The summed E-state index contributed by atoms with van der Waals surface area (Å²) in [6.45, 7) is 7.08. The van der Waals surface area contributed by atoms with Crippen molar-refractivity contribution in [1.82, 2.24) is 5.32 Å². The molecule has 1 aromatic carbocycles. The van der Waals surface area contributed by atoms with Gasteiger partial charge in [-0.15, -0.1) is 0 Å². The second kappa shape index (κ2) is 7.34. The van der Waals surface area contributed by atoms with Crippen LogP contribution in [0.25, 0.3) is 0 Å². The van der Waals surface area contributed by atoms with Crippen molar-refractivity contribution < 1.29 is 13.2 Å². The second-order valence-electron chi connectivity index (χ2n) is 6.58. The first-order valence-corrected chi connectivity index (χ1v) is 9.78. The average Bonchev–Trinajstić information content (AvgIpc) is 2.78. The van der Waals surface area contributed by atoms with Gasteiger partial charge in [0.25, 0.3) is 0 Å². The van der Waals surface area contributed by atoms with Crippen LogP contribution in [0.2, 0.25) is 0 Å². The van der Waals surface area contributed by atoms with Crippen LogP contribution in [0, 0.1) is 11.8 Å². The van der Waals surface area contributed by atoms with E-state index >= 15 is 0 Å². The number of carbonyl (C=O) groups excluding carboxylic acids is 1. The molecule has 23 heavy (non-hydrogen) atoms. The number of nitrogens with one attached hydrogen (secondary N) is 1. The van der Waals surface area contributed by atoms with E-state index < -0.39 is 10.0 Å². The molecule has 0 radical (unpaired) electrons. The zero-order valence-electron chi connectivity index (χ0n) is 14.1. The third kappa shape index (κ3) is 4.70. The molecule has 0 spiro atoms. The first-order valence-electron chi connectivity index (χ1n) is 8.18. The number of hydrogen-bond acceptors (Lipinski definition) is 3. The van der Waals surface area contributed by atoms with Gasteiger partial charge in [0.05, 0.1) is 11.4 Å². The summed E-state index contributed by atoms with van der Waals surface area (Å²) in [6.07, 6.45) is 1.53. The highest BCUT2D eigenvalue weighted by molar-refractivity contribution is 7.93. The number of benzene rings is 1. The highest BCUT2D eigenvalue weighted by Gasteiger charge is 2.33. The van der Waals surface area contributed by atoms with Gasteiger partial charge in [-0.25, -0.2) is 8.42 Å². The number of carbonyl (C=O) groups is 1. The summed E-state index contributed by atoms with van der Waals surface area (Å²) in [6, 6.07) is 7.37. The van der Waals surface area contributed by atoms with Gasteiger partial charge in [-0.3, -0.25) is 9.10 Å². The van der Waals surface area contributed by atoms with Gasteiger partial charge in [-0.1, -0.05) is 39.3 Å². The van der Waals surface area contributed by atoms with Crippen LogP contribution >= 0.6 is 0 Å². The minimum Gasteiger partial charge on any atom is -0.352 e. The van der Waals surface area contributed by atoms with Crippen molar-refractivity contribution >= 4 is 21.6 Å². The Kier molecular flexibility index (Phi) is 5.68. The number of nitrogens with zero attached hydrogens (tertiary/aromatic N) is 1. The molecule has 0 bridgehead atoms. The van der Waals surface area contributed by atoms with E-state index in [-0.39, 0.29) is 17.6 Å². The minimum absolute atomic E-state index is 0.0550. The fourth-order valence-electron chi connectivity index (χ4n) is 2.68. The lowest BCUT2D eigenvalue weighted by Crippen LogP contribution is -2.26. The van der Waals surface area contributed by atoms with Crippen LogP contribution in [0.15, 0.2) is 24.3 Å². The number of rotatable bonds is 6. The van der Waals surface area contributed by atoms with Gasteiger partial charge in [0.15, 0.2) is 0 Å². The van der Waals surface area contributed by atoms with Crippen molar-refractivity contribution in [2.24, 2.45) is 11.8 Å². The van der Waals surface area contributed by atoms with E-state index in [4.69, 9.17) is 0 Å². The molecule has 0 unspecified atom stereocenters. The van der Waals surface area contributed by atoms with Crippen LogP contribution in [-0.2, 0) is 21.4 Å². The molecule has 1 aromatic rings. The van der Waals surface area contributed by atoms with E-state index in [1.54, 1.807) is 0 Å². The molecule has 1 saturated heterocycles. The molecular weight excluding hydrogens is 312 g/mol. The second-order valence-corrected chi connectivity index (χ2v) is 8.51. The molecule has 1 aliphatic heterocycles. The number of amides is 1. The highest BCUT2D eigenvalue weighted by atomic mass is 32.2. The Morgan fingerprint density at radius 3 is 2.52 bits per heavy atom. The third-order valence-corrected chi connectivity index (χ3v) is 6.27. The van der Waals surface area contributed by atoms with Crippen LogP contribution in [0.4, 0.5) is 5.69 Å². The zero-order chi connectivity index (χ0) is 17.0. The van der Waals surface area contributed by atoms with Gasteiger partial charge in [-0.05, 0) is 29.5 Å². The van der Waals surface area contributed by atoms with Crippen molar-refractivity contribution in [3.05, 3.63) is 29.8 Å². The Morgan fingerprint density at radius 1 is 1.35 bits per heavy atom. The largest absolute Gasteiger partial charge is 0.352 e. The molecule has 6 heteroatoms. The van der Waals surface area contributed by atoms with Crippen molar-refractivity contribution in [1.29, 1.82) is 0 Å². The fraction of sp³-hybridized carbons (Fsp3) is 0.588. The van der Waals surface area contributed by atoms with E-state index in [9.17, 15) is 13.2 Å². The Labute approximate surface area is 139 Å². The van der Waals surface area contributed by atoms with E-state index in [0.717, 1.165) is 12.0 Å². The quantitative estimate of drug-likeness (QED) is 0.867. The van der Waals surface area contributed by atoms with Gasteiger partial charge in [0, 0.05) is 19.5 Å². The van der Waals surface area contributed by atoms with Crippen molar-refractivity contribution in [3.8, 4) is 0 Å². The molecule has 1 fully saturated rings. The normalized spacial score (nSPS) is 21.2. The van der Waals surface area contributed by atoms with Crippen LogP contribution < -0.4 is 9.62 Å². The summed E-state index contributed by atoms with van der Waals surface area (Å²) >= 11 is 0. The lowest BCUT2D eigenvalue weighted by atomic mass is 10.1. The molecule has 1 N–H and O–H groups in total. The summed E-state index contributed by atoms with van der Waals surface area (Å²) in [5.74, 6) is 0.805. The molecule has 1 aliphatic rings. The molecule has 1 amide bonds. The zero-order valence-corrected chi connectivity index (χ0v) is 14.9. The summed E-state index contributed by atoms with van der Waals surface area (Å²) < 4.78 is 25.6. The standard InChI is InChI=1S/C17H26N2O3S/c1-4-13(2)9-17(20)18-10-15-5-7-16(8-6-15)19-11-14(3)12-23(19,21)22/h5-8,13-14H,4,9-12H2,1-3H3,(H,18,20)/t13-,14-/m0/s1. The average molecular weight is 338 g/mol. The molecule has 1 heterocycles. The first kappa shape index (κ1) is 17.8. The summed E-state index contributed by atoms with van der Waals surface area (Å²) in [5, 5.41) is 2.91. The van der Waals surface area contributed by atoms with Gasteiger partial charge < -0.3 is 5.32 Å². The van der Waals surface area contributed by atoms with E-state index in [1.165, 1.54) is 4.31 Å². The maximum atomic E-state index is 12.1. The molecule has 0 saturated carbocycles. The number of sulfonamides is 1. The Bertz CT molecular complexity index is 640. The molecule has 5 nitrogen and oxygen atoms in total. The third-order valence-electron chi connectivity index (χ3n) is 4.25. The topological polar surface area (TPSA) is 66.5 Å². The van der Waals surface area contributed by atoms with Crippen LogP contribution in [0.1, 0.15) is 39.2 Å². The summed E-state index contributed by atoms with van der Waals surface area (Å²) in [4.78, 5) is 11.8. The van der Waals surface area contributed by atoms with Gasteiger partial charge in [-0.2, -0.15) is 0 Å². The fourth-order valence-corrected chi connectivity index (χ4v) is 4.61. The van der Waals surface area contributed by atoms with Gasteiger partial charge in [0.1, 0.15) is 0 Å². The number of hydrogen-bond donors (Lipinski definition) is 1. The Balaban J connectivity index is 1.94. The Morgan fingerprint density at radius 2 is 2.00 bits per heavy atom. The highest BCUT2D eigenvalue weighted by Crippen LogP contribution is 2.26. The summed E-state index contributed by atoms with van der Waals surface area (Å²) in [7, 11) is -3.18. The molecule has 0 aliphatic carbocycles. The van der Waals surface area contributed by atoms with E-state index in [1.807, 2.05) is 31.2 Å². The minimum atomic E-state index is -3.18. The van der Waals surface area contributed by atoms with Crippen molar-refractivity contribution in [3.63, 3.8) is 0 Å². The lowest BCUT2D eigenvalue weighted by Gasteiger charge is -2.17. The Hall–Kier alpha value is -1.56. The van der Waals surface area contributed by atoms with Crippen LogP contribution in [-0.4, -0.2) is 26.6 Å². The lowest BCUT2D eigenvalue weighted by molar-refractivity contribution is -0.122. The first-order chi connectivity index (χ1) is 10.8. The molecule has 128 valence electrons. The smallest absolute Gasteiger partial charge is 0.235 e. The van der Waals surface area contributed by atoms with Crippen LogP contribution in [0.5, 0.6) is 0 Å². The van der Waals surface area contributed by atoms with E-state index in [2.05, 4.69) is 19.2 Å². The van der Waals surface area contributed by atoms with E-state index in [0.29, 0.717) is 31.1 Å². The molecule has 2 atom stereocenters. The van der Waals surface area contributed by atoms with Crippen molar-refractivity contribution in [2.75, 3.05) is 16.6 Å². The predicted octanol–water partition coefficient (Wildman–Crippen LogP) is 2.52. The van der Waals surface area contributed by atoms with Crippen LogP contribution in [0.3, 0.4) is 0 Å².